The Bertz CT molecular complexity index is 640. The molecular weight excluding hydrogens is 308 g/mol. The first-order chi connectivity index (χ1) is 9.16. The van der Waals surface area contributed by atoms with Gasteiger partial charge >= 0.3 is 0 Å². The van der Waals surface area contributed by atoms with Crippen molar-refractivity contribution in [3.8, 4) is 0 Å². The van der Waals surface area contributed by atoms with E-state index >= 15 is 0 Å². The maximum Gasteiger partial charge on any atom is 0.177 e. The van der Waals surface area contributed by atoms with Crippen LogP contribution in [-0.4, -0.2) is 11.6 Å². The second kappa shape index (κ2) is 4.78. The molecule has 1 aliphatic carbocycles. The Balaban J connectivity index is 1.90. The molecule has 1 atom stereocenters. The molecule has 96 valence electrons. The minimum Gasteiger partial charge on any atom is -0.469 e. The summed E-state index contributed by atoms with van der Waals surface area (Å²) in [5, 5.41) is 0. The van der Waals surface area contributed by atoms with Crippen molar-refractivity contribution >= 4 is 27.5 Å². The molecule has 0 N–H and O–H groups in total. The van der Waals surface area contributed by atoms with Gasteiger partial charge < -0.3 is 4.42 Å². The summed E-state index contributed by atoms with van der Waals surface area (Å²) >= 11 is 3.33. The number of carbonyl (C=O) groups is 2. The number of Topliss-reactive ketones (excluding diaryl/α,β-unsaturated/α-hetero) is 2. The van der Waals surface area contributed by atoms with Gasteiger partial charge in [-0.05, 0) is 24.6 Å². The number of halogens is 1. The third kappa shape index (κ3) is 2.16. The van der Waals surface area contributed by atoms with Gasteiger partial charge in [-0.1, -0.05) is 28.1 Å². The molecular formula is C15H11BrO3. The van der Waals surface area contributed by atoms with Gasteiger partial charge in [-0.2, -0.15) is 0 Å². The minimum absolute atomic E-state index is 0.107. The number of carbonyl (C=O) groups excluding carboxylic acids is 2. The average molecular weight is 319 g/mol. The molecule has 1 aromatic heterocycles. The summed E-state index contributed by atoms with van der Waals surface area (Å²) in [7, 11) is 0. The Morgan fingerprint density at radius 2 is 1.95 bits per heavy atom. The number of hydrogen-bond acceptors (Lipinski definition) is 3. The fourth-order valence-corrected chi connectivity index (χ4v) is 2.68. The normalized spacial score (nSPS) is 18.2. The number of ketones is 2. The van der Waals surface area contributed by atoms with Crippen LogP contribution in [0.15, 0.2) is 45.5 Å². The summed E-state index contributed by atoms with van der Waals surface area (Å²) in [5.41, 5.74) is 1.13. The van der Waals surface area contributed by atoms with Crippen molar-refractivity contribution in [3.05, 3.63) is 58.0 Å². The van der Waals surface area contributed by atoms with Crippen LogP contribution in [-0.2, 0) is 6.42 Å². The van der Waals surface area contributed by atoms with Gasteiger partial charge in [0.25, 0.3) is 0 Å². The van der Waals surface area contributed by atoms with Crippen LogP contribution in [0.25, 0.3) is 0 Å². The van der Waals surface area contributed by atoms with Crippen molar-refractivity contribution in [3.63, 3.8) is 0 Å². The zero-order chi connectivity index (χ0) is 13.4. The summed E-state index contributed by atoms with van der Waals surface area (Å²) in [6, 6.07) is 8.75. The van der Waals surface area contributed by atoms with E-state index in [0.717, 1.165) is 4.47 Å². The molecule has 1 heterocycles. The molecule has 1 aliphatic rings. The van der Waals surface area contributed by atoms with Crippen molar-refractivity contribution in [2.24, 2.45) is 5.92 Å². The molecule has 0 fully saturated rings. The van der Waals surface area contributed by atoms with Crippen LogP contribution in [0.3, 0.4) is 0 Å². The van der Waals surface area contributed by atoms with Crippen molar-refractivity contribution in [1.82, 2.24) is 0 Å². The van der Waals surface area contributed by atoms with Gasteiger partial charge in [-0.25, -0.2) is 0 Å². The Morgan fingerprint density at radius 1 is 1.21 bits per heavy atom. The SMILES string of the molecule is O=C(c1ccc(Br)cc1)[C@H]1CCc2occc2C1=O. The van der Waals surface area contributed by atoms with E-state index in [9.17, 15) is 9.59 Å². The Kier molecular flexibility index (Phi) is 3.11. The van der Waals surface area contributed by atoms with Gasteiger partial charge in [0, 0.05) is 16.5 Å². The van der Waals surface area contributed by atoms with E-state index in [4.69, 9.17) is 4.42 Å². The Labute approximate surface area is 118 Å². The van der Waals surface area contributed by atoms with Crippen LogP contribution in [0.1, 0.15) is 32.9 Å². The van der Waals surface area contributed by atoms with E-state index in [-0.39, 0.29) is 11.6 Å². The largest absolute Gasteiger partial charge is 0.469 e. The van der Waals surface area contributed by atoms with Crippen molar-refractivity contribution < 1.29 is 14.0 Å². The summed E-state index contributed by atoms with van der Waals surface area (Å²) in [6.07, 6.45) is 2.67. The Morgan fingerprint density at radius 3 is 2.68 bits per heavy atom. The van der Waals surface area contributed by atoms with Gasteiger partial charge in [-0.3, -0.25) is 9.59 Å². The third-order valence-corrected chi connectivity index (χ3v) is 3.96. The second-order valence-corrected chi connectivity index (χ2v) is 5.50. The molecule has 0 amide bonds. The number of hydrogen-bond donors (Lipinski definition) is 0. The molecule has 0 aliphatic heterocycles. The van der Waals surface area contributed by atoms with Crippen LogP contribution < -0.4 is 0 Å². The topological polar surface area (TPSA) is 47.3 Å². The third-order valence-electron chi connectivity index (χ3n) is 3.43. The predicted octanol–water partition coefficient (Wildman–Crippen LogP) is 3.67. The number of aryl methyl sites for hydroxylation is 1. The highest BCUT2D eigenvalue weighted by Crippen LogP contribution is 2.29. The first-order valence-corrected chi connectivity index (χ1v) is 6.86. The van der Waals surface area contributed by atoms with E-state index in [2.05, 4.69) is 15.9 Å². The molecule has 3 rings (SSSR count). The average Bonchev–Trinajstić information content (AvgIpc) is 2.88. The molecule has 0 saturated heterocycles. The maximum atomic E-state index is 12.4. The molecule has 4 heteroatoms. The van der Waals surface area contributed by atoms with Gasteiger partial charge in [0.1, 0.15) is 5.76 Å². The lowest BCUT2D eigenvalue weighted by Gasteiger charge is -2.18. The summed E-state index contributed by atoms with van der Waals surface area (Å²) < 4.78 is 6.15. The van der Waals surface area contributed by atoms with E-state index in [1.165, 1.54) is 6.26 Å². The van der Waals surface area contributed by atoms with Crippen LogP contribution >= 0.6 is 15.9 Å². The standard InChI is InChI=1S/C15H11BrO3/c16-10-3-1-9(2-4-10)14(17)12-5-6-13-11(15(12)18)7-8-19-13/h1-4,7-8,12H,5-6H2/t12-/m1/s1. The molecule has 1 aromatic carbocycles. The summed E-state index contributed by atoms with van der Waals surface area (Å²) in [5.74, 6) is -0.108. The Hall–Kier alpha value is -1.68. The number of fused-ring (bicyclic) bond motifs is 1. The van der Waals surface area contributed by atoms with Gasteiger partial charge in [0.15, 0.2) is 11.6 Å². The van der Waals surface area contributed by atoms with Crippen LogP contribution in [0.2, 0.25) is 0 Å². The smallest absolute Gasteiger partial charge is 0.177 e. The van der Waals surface area contributed by atoms with Gasteiger partial charge in [0.2, 0.25) is 0 Å². The van der Waals surface area contributed by atoms with Crippen molar-refractivity contribution in [2.75, 3.05) is 0 Å². The lowest BCUT2D eigenvalue weighted by atomic mass is 9.82. The van der Waals surface area contributed by atoms with E-state index in [1.807, 2.05) is 12.1 Å². The van der Waals surface area contributed by atoms with E-state index in [0.29, 0.717) is 29.7 Å². The second-order valence-electron chi connectivity index (χ2n) is 4.58. The first-order valence-electron chi connectivity index (χ1n) is 6.07. The molecule has 0 saturated carbocycles. The van der Waals surface area contributed by atoms with Crippen molar-refractivity contribution in [2.45, 2.75) is 12.8 Å². The molecule has 0 bridgehead atoms. The zero-order valence-electron chi connectivity index (χ0n) is 10.1. The number of benzene rings is 1. The minimum atomic E-state index is -0.578. The first kappa shape index (κ1) is 12.4. The quantitative estimate of drug-likeness (QED) is 0.627. The van der Waals surface area contributed by atoms with Crippen LogP contribution in [0.4, 0.5) is 0 Å². The highest BCUT2D eigenvalue weighted by atomic mass is 79.9. The molecule has 19 heavy (non-hydrogen) atoms. The molecule has 3 nitrogen and oxygen atoms in total. The highest BCUT2D eigenvalue weighted by Gasteiger charge is 2.34. The fraction of sp³-hybridized carbons (Fsp3) is 0.200. The van der Waals surface area contributed by atoms with E-state index in [1.54, 1.807) is 18.2 Å². The predicted molar refractivity (Wildman–Crippen MR) is 73.3 cm³/mol. The lowest BCUT2D eigenvalue weighted by Crippen LogP contribution is -2.28. The fourth-order valence-electron chi connectivity index (χ4n) is 2.41. The van der Waals surface area contributed by atoms with Crippen LogP contribution in [0, 0.1) is 5.92 Å². The number of furan rings is 1. The van der Waals surface area contributed by atoms with Crippen molar-refractivity contribution in [1.29, 1.82) is 0 Å². The molecule has 0 unspecified atom stereocenters. The zero-order valence-corrected chi connectivity index (χ0v) is 11.6. The summed E-state index contributed by atoms with van der Waals surface area (Å²) in [6.45, 7) is 0. The van der Waals surface area contributed by atoms with Gasteiger partial charge in [0.05, 0.1) is 17.7 Å². The molecule has 0 spiro atoms. The summed E-state index contributed by atoms with van der Waals surface area (Å²) in [4.78, 5) is 24.7. The van der Waals surface area contributed by atoms with E-state index < -0.39 is 5.92 Å². The maximum absolute atomic E-state index is 12.4. The molecule has 0 radical (unpaired) electrons. The lowest BCUT2D eigenvalue weighted by molar-refractivity contribution is 0.0787. The highest BCUT2D eigenvalue weighted by molar-refractivity contribution is 9.10. The monoisotopic (exact) mass is 318 g/mol. The van der Waals surface area contributed by atoms with Crippen LogP contribution in [0.5, 0.6) is 0 Å². The number of rotatable bonds is 2. The molecule has 2 aromatic rings. The van der Waals surface area contributed by atoms with Gasteiger partial charge in [-0.15, -0.1) is 0 Å².